The lowest BCUT2D eigenvalue weighted by molar-refractivity contribution is 0.415. The number of aromatic nitrogens is 1. The molecule has 3 rings (SSSR count). The van der Waals surface area contributed by atoms with Gasteiger partial charge in [0, 0.05) is 22.7 Å². The van der Waals surface area contributed by atoms with Crippen LogP contribution in [0.3, 0.4) is 0 Å². The molecule has 1 N–H and O–H groups in total. The fraction of sp³-hybridized carbons (Fsp3) is 0.125. The van der Waals surface area contributed by atoms with Crippen molar-refractivity contribution in [3.05, 3.63) is 54.2 Å². The van der Waals surface area contributed by atoms with E-state index in [-0.39, 0.29) is 0 Å². The van der Waals surface area contributed by atoms with Crippen molar-refractivity contribution >= 4 is 10.9 Å². The molecule has 0 unspecified atom stereocenters. The van der Waals surface area contributed by atoms with Crippen LogP contribution in [0.5, 0.6) is 5.75 Å². The molecule has 90 valence electrons. The van der Waals surface area contributed by atoms with Crippen molar-refractivity contribution in [1.82, 2.24) is 4.98 Å². The second-order valence-electron chi connectivity index (χ2n) is 4.48. The van der Waals surface area contributed by atoms with Crippen molar-refractivity contribution in [2.45, 2.75) is 6.92 Å². The molecule has 3 aromatic rings. The molecule has 0 fully saturated rings. The summed E-state index contributed by atoms with van der Waals surface area (Å²) in [5.41, 5.74) is 4.88. The summed E-state index contributed by atoms with van der Waals surface area (Å²) in [7, 11) is 1.68. The van der Waals surface area contributed by atoms with Gasteiger partial charge in [-0.25, -0.2) is 0 Å². The van der Waals surface area contributed by atoms with E-state index in [1.807, 2.05) is 12.1 Å². The van der Waals surface area contributed by atoms with Crippen LogP contribution in [-0.4, -0.2) is 12.1 Å². The van der Waals surface area contributed by atoms with Crippen LogP contribution in [-0.2, 0) is 0 Å². The maximum Gasteiger partial charge on any atom is 0.118 e. The molecule has 0 aliphatic carbocycles. The number of nitrogens with one attached hydrogen (secondary N) is 1. The van der Waals surface area contributed by atoms with Crippen LogP contribution in [0.25, 0.3) is 22.0 Å². The van der Waals surface area contributed by atoms with Gasteiger partial charge in [0.15, 0.2) is 0 Å². The molecule has 0 spiro atoms. The van der Waals surface area contributed by atoms with Crippen molar-refractivity contribution in [2.75, 3.05) is 7.11 Å². The summed E-state index contributed by atoms with van der Waals surface area (Å²) in [6.07, 6.45) is 2.06. The number of H-pyrrole nitrogens is 1. The third kappa shape index (κ3) is 1.76. The monoisotopic (exact) mass is 237 g/mol. The van der Waals surface area contributed by atoms with E-state index < -0.39 is 0 Å². The van der Waals surface area contributed by atoms with Crippen molar-refractivity contribution in [3.8, 4) is 16.9 Å². The SMILES string of the molecule is COc1ccc(-c2c[nH]c3ccc(C)cc23)cc1. The third-order valence-electron chi connectivity index (χ3n) is 3.24. The maximum atomic E-state index is 5.19. The first kappa shape index (κ1) is 10.9. The fourth-order valence-electron chi connectivity index (χ4n) is 2.24. The smallest absolute Gasteiger partial charge is 0.118 e. The van der Waals surface area contributed by atoms with Gasteiger partial charge < -0.3 is 9.72 Å². The van der Waals surface area contributed by atoms with E-state index >= 15 is 0 Å². The molecule has 0 saturated heterocycles. The Kier molecular flexibility index (Phi) is 2.56. The van der Waals surface area contributed by atoms with E-state index in [0.717, 1.165) is 5.75 Å². The number of hydrogen-bond donors (Lipinski definition) is 1. The molecule has 0 radical (unpaired) electrons. The molecule has 2 heteroatoms. The molecule has 0 saturated carbocycles. The molecular formula is C16H15NO. The molecule has 0 amide bonds. The molecular weight excluding hydrogens is 222 g/mol. The number of methoxy groups -OCH3 is 1. The Balaban J connectivity index is 2.15. The largest absolute Gasteiger partial charge is 0.497 e. The number of aryl methyl sites for hydroxylation is 1. The zero-order valence-electron chi connectivity index (χ0n) is 10.5. The lowest BCUT2D eigenvalue weighted by Crippen LogP contribution is -1.82. The average Bonchev–Trinajstić information content (AvgIpc) is 2.82. The summed E-state index contributed by atoms with van der Waals surface area (Å²) in [5.74, 6) is 0.884. The zero-order valence-corrected chi connectivity index (χ0v) is 10.5. The summed E-state index contributed by atoms with van der Waals surface area (Å²) in [5, 5.41) is 1.26. The number of hydrogen-bond acceptors (Lipinski definition) is 1. The van der Waals surface area contributed by atoms with Crippen molar-refractivity contribution in [1.29, 1.82) is 0 Å². The highest BCUT2D eigenvalue weighted by molar-refractivity contribution is 5.95. The average molecular weight is 237 g/mol. The molecule has 1 aromatic heterocycles. The maximum absolute atomic E-state index is 5.19. The fourth-order valence-corrected chi connectivity index (χ4v) is 2.24. The van der Waals surface area contributed by atoms with Crippen LogP contribution in [0.2, 0.25) is 0 Å². The molecule has 0 atom stereocenters. The molecule has 1 heterocycles. The quantitative estimate of drug-likeness (QED) is 0.711. The Hall–Kier alpha value is -2.22. The number of benzene rings is 2. The summed E-state index contributed by atoms with van der Waals surface area (Å²) in [6.45, 7) is 2.12. The second-order valence-corrected chi connectivity index (χ2v) is 4.48. The first-order chi connectivity index (χ1) is 8.78. The molecule has 0 aliphatic rings. The first-order valence-corrected chi connectivity index (χ1v) is 6.00. The predicted molar refractivity (Wildman–Crippen MR) is 75.0 cm³/mol. The van der Waals surface area contributed by atoms with Crippen molar-refractivity contribution < 1.29 is 4.74 Å². The van der Waals surface area contributed by atoms with E-state index in [0.29, 0.717) is 0 Å². The van der Waals surface area contributed by atoms with E-state index in [9.17, 15) is 0 Å². The highest BCUT2D eigenvalue weighted by Gasteiger charge is 2.06. The number of ether oxygens (including phenoxy) is 1. The Morgan fingerprint density at radius 1 is 1.00 bits per heavy atom. The van der Waals surface area contributed by atoms with E-state index in [1.54, 1.807) is 7.11 Å². The van der Waals surface area contributed by atoms with Gasteiger partial charge >= 0.3 is 0 Å². The van der Waals surface area contributed by atoms with Crippen LogP contribution < -0.4 is 4.74 Å². The Morgan fingerprint density at radius 2 is 1.78 bits per heavy atom. The van der Waals surface area contributed by atoms with Crippen LogP contribution >= 0.6 is 0 Å². The van der Waals surface area contributed by atoms with Crippen LogP contribution in [0.1, 0.15) is 5.56 Å². The van der Waals surface area contributed by atoms with Gasteiger partial charge in [0.25, 0.3) is 0 Å². The van der Waals surface area contributed by atoms with E-state index in [2.05, 4.69) is 48.4 Å². The Bertz CT molecular complexity index is 680. The van der Waals surface area contributed by atoms with Gasteiger partial charge in [-0.05, 0) is 36.8 Å². The van der Waals surface area contributed by atoms with Gasteiger partial charge in [0.05, 0.1) is 7.11 Å². The van der Waals surface area contributed by atoms with Crippen LogP contribution in [0.4, 0.5) is 0 Å². The summed E-state index contributed by atoms with van der Waals surface area (Å²) < 4.78 is 5.19. The molecule has 2 aromatic carbocycles. The summed E-state index contributed by atoms with van der Waals surface area (Å²) in [6, 6.07) is 14.6. The van der Waals surface area contributed by atoms with E-state index in [4.69, 9.17) is 4.74 Å². The van der Waals surface area contributed by atoms with Gasteiger partial charge in [0.1, 0.15) is 5.75 Å². The number of rotatable bonds is 2. The minimum absolute atomic E-state index is 0.884. The lowest BCUT2D eigenvalue weighted by Gasteiger charge is -2.03. The second kappa shape index (κ2) is 4.22. The van der Waals surface area contributed by atoms with Crippen molar-refractivity contribution in [3.63, 3.8) is 0 Å². The topological polar surface area (TPSA) is 25.0 Å². The Morgan fingerprint density at radius 3 is 2.50 bits per heavy atom. The van der Waals surface area contributed by atoms with Gasteiger partial charge in [-0.1, -0.05) is 23.8 Å². The molecule has 0 bridgehead atoms. The first-order valence-electron chi connectivity index (χ1n) is 6.00. The minimum atomic E-state index is 0.884. The molecule has 2 nitrogen and oxygen atoms in total. The Labute approximate surface area is 106 Å². The zero-order chi connectivity index (χ0) is 12.5. The van der Waals surface area contributed by atoms with Crippen molar-refractivity contribution in [2.24, 2.45) is 0 Å². The standard InChI is InChI=1S/C16H15NO/c1-11-3-8-16-14(9-11)15(10-17-16)12-4-6-13(18-2)7-5-12/h3-10,17H,1-2H3. The number of fused-ring (bicyclic) bond motifs is 1. The molecule has 0 aliphatic heterocycles. The highest BCUT2D eigenvalue weighted by atomic mass is 16.5. The van der Waals surface area contributed by atoms with Gasteiger partial charge in [0.2, 0.25) is 0 Å². The van der Waals surface area contributed by atoms with Gasteiger partial charge in [-0.2, -0.15) is 0 Å². The van der Waals surface area contributed by atoms with Crippen LogP contribution in [0.15, 0.2) is 48.7 Å². The predicted octanol–water partition coefficient (Wildman–Crippen LogP) is 4.15. The van der Waals surface area contributed by atoms with Gasteiger partial charge in [-0.15, -0.1) is 0 Å². The third-order valence-corrected chi connectivity index (χ3v) is 3.24. The number of aromatic amines is 1. The lowest BCUT2D eigenvalue weighted by atomic mass is 10.0. The van der Waals surface area contributed by atoms with Crippen LogP contribution in [0, 0.1) is 6.92 Å². The summed E-state index contributed by atoms with van der Waals surface area (Å²) in [4.78, 5) is 3.31. The summed E-state index contributed by atoms with van der Waals surface area (Å²) >= 11 is 0. The molecule has 18 heavy (non-hydrogen) atoms. The highest BCUT2D eigenvalue weighted by Crippen LogP contribution is 2.30. The van der Waals surface area contributed by atoms with E-state index in [1.165, 1.54) is 27.6 Å². The van der Waals surface area contributed by atoms with Gasteiger partial charge in [-0.3, -0.25) is 0 Å². The minimum Gasteiger partial charge on any atom is -0.497 e. The normalized spacial score (nSPS) is 10.8.